The maximum Gasteiger partial charge on any atom is 0.0784 e. The zero-order chi connectivity index (χ0) is 17.3. The Morgan fingerprint density at radius 1 is 1.25 bits per heavy atom. The van der Waals surface area contributed by atoms with Crippen molar-refractivity contribution in [2.24, 2.45) is 23.2 Å². The first-order valence-corrected chi connectivity index (χ1v) is 10.2. The van der Waals surface area contributed by atoms with Gasteiger partial charge in [-0.3, -0.25) is 0 Å². The normalized spacial score (nSPS) is 41.7. The number of aliphatic hydroxyl groups is 1. The molecule has 5 atom stereocenters. The van der Waals surface area contributed by atoms with Crippen LogP contribution in [0.1, 0.15) is 78.6 Å². The molecule has 0 aromatic carbocycles. The van der Waals surface area contributed by atoms with Crippen molar-refractivity contribution in [2.45, 2.75) is 84.7 Å². The van der Waals surface area contributed by atoms with Crippen molar-refractivity contribution in [3.8, 4) is 0 Å². The van der Waals surface area contributed by atoms with Crippen molar-refractivity contribution >= 4 is 0 Å². The molecule has 0 spiro atoms. The van der Waals surface area contributed by atoms with Crippen LogP contribution in [0.5, 0.6) is 0 Å². The molecule has 3 aliphatic carbocycles. The molecule has 0 amide bonds. The zero-order valence-electron chi connectivity index (χ0n) is 16.0. The predicted octanol–water partition coefficient (Wildman–Crippen LogP) is 6.20. The minimum atomic E-state index is -0.318. The number of hydrogen-bond donors (Lipinski definition) is 1. The molecule has 0 radical (unpaired) electrons. The van der Waals surface area contributed by atoms with Crippen LogP contribution in [-0.4, -0.2) is 11.2 Å². The molecule has 3 rings (SSSR count). The second kappa shape index (κ2) is 7.20. The third-order valence-corrected chi connectivity index (χ3v) is 7.60. The molecule has 134 valence electrons. The highest BCUT2D eigenvalue weighted by atomic mass is 16.3. The van der Waals surface area contributed by atoms with Gasteiger partial charge in [-0.15, -0.1) is 0 Å². The molecular weight excluding hydrogens is 292 g/mol. The summed E-state index contributed by atoms with van der Waals surface area (Å²) in [5.41, 5.74) is 4.64. The smallest absolute Gasteiger partial charge is 0.0784 e. The summed E-state index contributed by atoms with van der Waals surface area (Å²) in [6.07, 6.45) is 15.5. The number of allylic oxidation sites excluding steroid dienone is 3. The van der Waals surface area contributed by atoms with E-state index in [-0.39, 0.29) is 6.10 Å². The molecule has 24 heavy (non-hydrogen) atoms. The monoisotopic (exact) mass is 328 g/mol. The van der Waals surface area contributed by atoms with E-state index in [1.165, 1.54) is 44.1 Å². The van der Waals surface area contributed by atoms with Crippen molar-refractivity contribution < 1.29 is 5.11 Å². The van der Waals surface area contributed by atoms with Crippen LogP contribution < -0.4 is 0 Å². The highest BCUT2D eigenvalue weighted by Crippen LogP contribution is 2.59. The molecule has 3 aliphatic rings. The average molecular weight is 329 g/mol. The Hall–Kier alpha value is -0.820. The van der Waals surface area contributed by atoms with E-state index >= 15 is 0 Å². The Balaban J connectivity index is 1.76. The Morgan fingerprint density at radius 3 is 2.75 bits per heavy atom. The highest BCUT2D eigenvalue weighted by molar-refractivity contribution is 5.28. The third kappa shape index (κ3) is 3.29. The summed E-state index contributed by atoms with van der Waals surface area (Å²) in [6.45, 7) is 11.4. The van der Waals surface area contributed by atoms with Crippen molar-refractivity contribution in [2.75, 3.05) is 0 Å². The summed E-state index contributed by atoms with van der Waals surface area (Å²) in [5.74, 6) is 2.56. The van der Waals surface area contributed by atoms with E-state index < -0.39 is 0 Å². The summed E-state index contributed by atoms with van der Waals surface area (Å²) in [5, 5.41) is 10.0. The minimum absolute atomic E-state index is 0.318. The van der Waals surface area contributed by atoms with Crippen LogP contribution in [0.25, 0.3) is 0 Å². The lowest BCUT2D eigenvalue weighted by atomic mass is 9.61. The standard InChI is InChI=1S/C23H36O/c1-5-16(2)20-12-13-21-19(7-6-14-23(20,21)4)11-10-18-9-8-17(3)22(24)15-18/h10-11,16,20-22,24H,3,5-9,12-15H2,1-2,4H3/b18-10-,19-11+. The Labute approximate surface area is 148 Å². The quantitative estimate of drug-likeness (QED) is 0.611. The van der Waals surface area contributed by atoms with Gasteiger partial charge in [0.25, 0.3) is 0 Å². The molecule has 3 fully saturated rings. The Morgan fingerprint density at radius 2 is 2.04 bits per heavy atom. The van der Waals surface area contributed by atoms with E-state index in [1.807, 2.05) is 0 Å². The second-order valence-electron chi connectivity index (χ2n) is 8.93. The van der Waals surface area contributed by atoms with Crippen LogP contribution in [0.15, 0.2) is 35.5 Å². The van der Waals surface area contributed by atoms with Crippen molar-refractivity contribution in [3.63, 3.8) is 0 Å². The minimum Gasteiger partial charge on any atom is -0.388 e. The lowest BCUT2D eigenvalue weighted by Crippen LogP contribution is -2.35. The predicted molar refractivity (Wildman–Crippen MR) is 103 cm³/mol. The molecule has 1 nitrogen and oxygen atoms in total. The van der Waals surface area contributed by atoms with Crippen LogP contribution >= 0.6 is 0 Å². The molecular formula is C23H36O. The van der Waals surface area contributed by atoms with E-state index in [1.54, 1.807) is 5.57 Å². The van der Waals surface area contributed by atoms with Crippen LogP contribution in [-0.2, 0) is 0 Å². The Bertz CT molecular complexity index is 540. The first kappa shape index (κ1) is 18.0. The van der Waals surface area contributed by atoms with Gasteiger partial charge in [-0.1, -0.05) is 57.1 Å². The van der Waals surface area contributed by atoms with Crippen LogP contribution in [0.4, 0.5) is 0 Å². The molecule has 1 heteroatoms. The molecule has 0 bridgehead atoms. The number of rotatable bonds is 3. The molecule has 0 aliphatic heterocycles. The van der Waals surface area contributed by atoms with Gasteiger partial charge in [0.1, 0.15) is 0 Å². The van der Waals surface area contributed by atoms with Gasteiger partial charge in [0.15, 0.2) is 0 Å². The molecule has 1 N–H and O–H groups in total. The first-order valence-electron chi connectivity index (χ1n) is 10.2. The maximum atomic E-state index is 10.0. The van der Waals surface area contributed by atoms with Gasteiger partial charge in [0, 0.05) is 0 Å². The van der Waals surface area contributed by atoms with Gasteiger partial charge < -0.3 is 5.11 Å². The van der Waals surface area contributed by atoms with Crippen LogP contribution in [0, 0.1) is 23.2 Å². The fourth-order valence-electron chi connectivity index (χ4n) is 5.86. The SMILES string of the molecule is C=C1CC/C(=C/C=C2\CCCC3(C)C2CCC3C(C)CC)CC1O. The van der Waals surface area contributed by atoms with Crippen molar-refractivity contribution in [1.82, 2.24) is 0 Å². The van der Waals surface area contributed by atoms with Gasteiger partial charge in [-0.25, -0.2) is 0 Å². The van der Waals surface area contributed by atoms with E-state index in [4.69, 9.17) is 0 Å². The fourth-order valence-corrected chi connectivity index (χ4v) is 5.86. The van der Waals surface area contributed by atoms with E-state index in [9.17, 15) is 5.11 Å². The number of aliphatic hydroxyl groups excluding tert-OH is 1. The number of fused-ring (bicyclic) bond motifs is 1. The highest BCUT2D eigenvalue weighted by Gasteiger charge is 2.50. The van der Waals surface area contributed by atoms with Gasteiger partial charge in [0.2, 0.25) is 0 Å². The summed E-state index contributed by atoms with van der Waals surface area (Å²) in [4.78, 5) is 0. The molecule has 0 aromatic rings. The molecule has 3 saturated carbocycles. The molecule has 0 heterocycles. The summed E-state index contributed by atoms with van der Waals surface area (Å²) in [7, 11) is 0. The van der Waals surface area contributed by atoms with Gasteiger partial charge in [0.05, 0.1) is 6.10 Å². The van der Waals surface area contributed by atoms with Crippen LogP contribution in [0.3, 0.4) is 0 Å². The molecule has 0 saturated heterocycles. The zero-order valence-corrected chi connectivity index (χ0v) is 16.0. The lowest BCUT2D eigenvalue weighted by Gasteiger charge is -2.44. The lowest BCUT2D eigenvalue weighted by molar-refractivity contribution is 0.0961. The topological polar surface area (TPSA) is 20.2 Å². The van der Waals surface area contributed by atoms with Gasteiger partial charge in [-0.2, -0.15) is 0 Å². The van der Waals surface area contributed by atoms with E-state index in [0.29, 0.717) is 5.41 Å². The van der Waals surface area contributed by atoms with Crippen molar-refractivity contribution in [1.29, 1.82) is 0 Å². The third-order valence-electron chi connectivity index (χ3n) is 7.60. The molecule has 0 aromatic heterocycles. The van der Waals surface area contributed by atoms with Gasteiger partial charge in [-0.05, 0) is 80.1 Å². The second-order valence-corrected chi connectivity index (χ2v) is 8.93. The summed E-state index contributed by atoms with van der Waals surface area (Å²) in [6, 6.07) is 0. The Kier molecular flexibility index (Phi) is 5.39. The summed E-state index contributed by atoms with van der Waals surface area (Å²) >= 11 is 0. The van der Waals surface area contributed by atoms with Crippen molar-refractivity contribution in [3.05, 3.63) is 35.5 Å². The summed E-state index contributed by atoms with van der Waals surface area (Å²) < 4.78 is 0. The van der Waals surface area contributed by atoms with E-state index in [2.05, 4.69) is 39.5 Å². The largest absolute Gasteiger partial charge is 0.388 e. The van der Waals surface area contributed by atoms with Crippen LogP contribution in [0.2, 0.25) is 0 Å². The first-order chi connectivity index (χ1) is 11.5. The maximum absolute atomic E-state index is 10.0. The van der Waals surface area contributed by atoms with Gasteiger partial charge >= 0.3 is 0 Å². The average Bonchev–Trinajstić information content (AvgIpc) is 2.92. The van der Waals surface area contributed by atoms with E-state index in [0.717, 1.165) is 42.6 Å². The molecule has 5 unspecified atom stereocenters. The fraction of sp³-hybridized carbons (Fsp3) is 0.739. The number of hydrogen-bond acceptors (Lipinski definition) is 1.